The molecule has 2 aromatic carbocycles. The minimum Gasteiger partial charge on any atom is -0.481 e. The summed E-state index contributed by atoms with van der Waals surface area (Å²) in [7, 11) is 0. The average molecular weight is 322 g/mol. The molecule has 0 aliphatic rings. The highest BCUT2D eigenvalue weighted by Crippen LogP contribution is 2.22. The van der Waals surface area contributed by atoms with E-state index in [1.54, 1.807) is 31.2 Å². The van der Waals surface area contributed by atoms with Gasteiger partial charge < -0.3 is 10.1 Å². The second kappa shape index (κ2) is 8.16. The maximum absolute atomic E-state index is 12.3. The monoisotopic (exact) mass is 322 g/mol. The van der Waals surface area contributed by atoms with Crippen LogP contribution in [0.25, 0.3) is 0 Å². The molecule has 2 rings (SSSR count). The number of hydrogen-bond acceptors (Lipinski definition) is 3. The van der Waals surface area contributed by atoms with Gasteiger partial charge in [-0.2, -0.15) is 5.26 Å². The van der Waals surface area contributed by atoms with Crippen molar-refractivity contribution in [3.63, 3.8) is 0 Å². The second-order valence-electron chi connectivity index (χ2n) is 5.79. The van der Waals surface area contributed by atoms with Gasteiger partial charge in [0.1, 0.15) is 11.8 Å². The summed E-state index contributed by atoms with van der Waals surface area (Å²) in [4.78, 5) is 12.3. The molecule has 1 amide bonds. The van der Waals surface area contributed by atoms with E-state index < -0.39 is 6.10 Å². The lowest BCUT2D eigenvalue weighted by Crippen LogP contribution is -2.30. The summed E-state index contributed by atoms with van der Waals surface area (Å²) in [6.07, 6.45) is 0.420. The Hall–Kier alpha value is -2.80. The van der Waals surface area contributed by atoms with E-state index in [9.17, 15) is 4.79 Å². The van der Waals surface area contributed by atoms with Crippen LogP contribution in [0.15, 0.2) is 48.5 Å². The summed E-state index contributed by atoms with van der Waals surface area (Å²) in [5, 5.41) is 11.8. The maximum atomic E-state index is 12.3. The van der Waals surface area contributed by atoms with Crippen molar-refractivity contribution in [1.82, 2.24) is 0 Å². The van der Waals surface area contributed by atoms with Crippen LogP contribution in [-0.4, -0.2) is 12.0 Å². The lowest BCUT2D eigenvalue weighted by atomic mass is 9.99. The Morgan fingerprint density at radius 1 is 1.17 bits per heavy atom. The highest BCUT2D eigenvalue weighted by molar-refractivity contribution is 5.95. The fourth-order valence-electron chi connectivity index (χ4n) is 2.29. The lowest BCUT2D eigenvalue weighted by Gasteiger charge is -2.16. The predicted molar refractivity (Wildman–Crippen MR) is 95.0 cm³/mol. The van der Waals surface area contributed by atoms with Crippen molar-refractivity contribution >= 4 is 11.6 Å². The molecule has 0 fully saturated rings. The van der Waals surface area contributed by atoms with Gasteiger partial charge in [-0.05, 0) is 49.1 Å². The Morgan fingerprint density at radius 3 is 2.46 bits per heavy atom. The number of para-hydroxylation sites is 1. The molecule has 0 spiro atoms. The van der Waals surface area contributed by atoms with Crippen LogP contribution in [0.2, 0.25) is 0 Å². The highest BCUT2D eigenvalue weighted by atomic mass is 16.5. The molecular weight excluding hydrogens is 300 g/mol. The molecule has 0 saturated carbocycles. The number of nitrogens with one attached hydrogen (secondary N) is 1. The van der Waals surface area contributed by atoms with Crippen LogP contribution in [0.3, 0.4) is 0 Å². The van der Waals surface area contributed by atoms with Gasteiger partial charge in [-0.3, -0.25) is 4.79 Å². The summed E-state index contributed by atoms with van der Waals surface area (Å²) >= 11 is 0. The molecule has 0 aliphatic carbocycles. The van der Waals surface area contributed by atoms with E-state index in [0.717, 1.165) is 6.42 Å². The van der Waals surface area contributed by atoms with Gasteiger partial charge in [0.15, 0.2) is 6.10 Å². The van der Waals surface area contributed by atoms with E-state index in [-0.39, 0.29) is 5.91 Å². The fraction of sp³-hybridized carbons (Fsp3) is 0.300. The molecule has 0 bridgehead atoms. The van der Waals surface area contributed by atoms with Gasteiger partial charge in [0.2, 0.25) is 0 Å². The topological polar surface area (TPSA) is 62.1 Å². The number of carbonyl (C=O) groups is 1. The summed E-state index contributed by atoms with van der Waals surface area (Å²) in [5.41, 5.74) is 2.17. The minimum atomic E-state index is -0.661. The third-order valence-corrected chi connectivity index (χ3v) is 4.05. The van der Waals surface area contributed by atoms with Gasteiger partial charge in [0, 0.05) is 0 Å². The Balaban J connectivity index is 2.00. The maximum Gasteiger partial charge on any atom is 0.265 e. The number of rotatable bonds is 6. The predicted octanol–water partition coefficient (Wildman–Crippen LogP) is 4.48. The Morgan fingerprint density at radius 2 is 1.83 bits per heavy atom. The first-order valence-corrected chi connectivity index (χ1v) is 8.11. The summed E-state index contributed by atoms with van der Waals surface area (Å²) < 4.78 is 5.70. The molecule has 0 heterocycles. The van der Waals surface area contributed by atoms with Crippen molar-refractivity contribution < 1.29 is 9.53 Å². The Bertz CT molecular complexity index is 732. The average Bonchev–Trinajstić information content (AvgIpc) is 2.62. The van der Waals surface area contributed by atoms with Crippen molar-refractivity contribution in [2.75, 3.05) is 5.32 Å². The van der Waals surface area contributed by atoms with Crippen molar-refractivity contribution in [3.8, 4) is 11.8 Å². The minimum absolute atomic E-state index is 0.288. The van der Waals surface area contributed by atoms with E-state index in [2.05, 4.69) is 25.2 Å². The molecule has 1 N–H and O–H groups in total. The van der Waals surface area contributed by atoms with E-state index >= 15 is 0 Å². The largest absolute Gasteiger partial charge is 0.481 e. The molecule has 4 nitrogen and oxygen atoms in total. The SMILES string of the molecule is CC[C@H](C)c1ccc(O[C@H](C)C(=O)Nc2ccccc2C#N)cc1. The van der Waals surface area contributed by atoms with E-state index in [1.807, 2.05) is 24.3 Å². The van der Waals surface area contributed by atoms with Crippen molar-refractivity contribution in [1.29, 1.82) is 5.26 Å². The zero-order valence-corrected chi connectivity index (χ0v) is 14.2. The van der Waals surface area contributed by atoms with Gasteiger partial charge in [0.25, 0.3) is 5.91 Å². The molecule has 0 saturated heterocycles. The quantitative estimate of drug-likeness (QED) is 0.853. The third kappa shape index (κ3) is 4.36. The lowest BCUT2D eigenvalue weighted by molar-refractivity contribution is -0.122. The van der Waals surface area contributed by atoms with Crippen LogP contribution >= 0.6 is 0 Å². The molecule has 0 aliphatic heterocycles. The molecule has 4 heteroatoms. The van der Waals surface area contributed by atoms with E-state index in [4.69, 9.17) is 10.00 Å². The molecule has 2 atom stereocenters. The van der Waals surface area contributed by atoms with Crippen LogP contribution in [0, 0.1) is 11.3 Å². The molecule has 0 radical (unpaired) electrons. The van der Waals surface area contributed by atoms with Gasteiger partial charge in [-0.15, -0.1) is 0 Å². The standard InChI is InChI=1S/C20H22N2O2/c1-4-14(2)16-9-11-18(12-10-16)24-15(3)20(23)22-19-8-6-5-7-17(19)13-21/h5-12,14-15H,4H2,1-3H3,(H,22,23)/t14-,15+/m0/s1. The van der Waals surface area contributed by atoms with Crippen LogP contribution < -0.4 is 10.1 Å². The summed E-state index contributed by atoms with van der Waals surface area (Å²) in [6, 6.07) is 16.8. The molecule has 0 unspecified atom stereocenters. The molecule has 124 valence electrons. The van der Waals surface area contributed by atoms with Gasteiger partial charge in [-0.1, -0.05) is 38.1 Å². The number of hydrogen-bond donors (Lipinski definition) is 1. The van der Waals surface area contributed by atoms with E-state index in [0.29, 0.717) is 22.9 Å². The highest BCUT2D eigenvalue weighted by Gasteiger charge is 2.16. The zero-order valence-electron chi connectivity index (χ0n) is 14.2. The molecule has 24 heavy (non-hydrogen) atoms. The number of nitrogens with zero attached hydrogens (tertiary/aromatic N) is 1. The zero-order chi connectivity index (χ0) is 17.5. The van der Waals surface area contributed by atoms with Gasteiger partial charge in [0.05, 0.1) is 11.3 Å². The Labute approximate surface area is 143 Å². The van der Waals surface area contributed by atoms with Gasteiger partial charge in [-0.25, -0.2) is 0 Å². The van der Waals surface area contributed by atoms with Crippen molar-refractivity contribution in [2.45, 2.75) is 39.2 Å². The number of amides is 1. The fourth-order valence-corrected chi connectivity index (χ4v) is 2.29. The molecule has 0 aromatic heterocycles. The second-order valence-corrected chi connectivity index (χ2v) is 5.79. The number of anilines is 1. The number of ether oxygens (including phenoxy) is 1. The third-order valence-electron chi connectivity index (χ3n) is 4.05. The summed E-state index contributed by atoms with van der Waals surface area (Å²) in [6.45, 7) is 6.02. The van der Waals surface area contributed by atoms with Crippen LogP contribution in [0.1, 0.15) is 44.2 Å². The van der Waals surface area contributed by atoms with Crippen molar-refractivity contribution in [3.05, 3.63) is 59.7 Å². The smallest absolute Gasteiger partial charge is 0.265 e. The first-order valence-electron chi connectivity index (χ1n) is 8.11. The number of benzene rings is 2. The van der Waals surface area contributed by atoms with Crippen LogP contribution in [-0.2, 0) is 4.79 Å². The molecule has 2 aromatic rings. The normalized spacial score (nSPS) is 12.8. The number of carbonyl (C=O) groups excluding carboxylic acids is 1. The first kappa shape index (κ1) is 17.6. The van der Waals surface area contributed by atoms with Gasteiger partial charge >= 0.3 is 0 Å². The van der Waals surface area contributed by atoms with Crippen LogP contribution in [0.5, 0.6) is 5.75 Å². The van der Waals surface area contributed by atoms with Crippen LogP contribution in [0.4, 0.5) is 5.69 Å². The molecular formula is C20H22N2O2. The van der Waals surface area contributed by atoms with E-state index in [1.165, 1.54) is 5.56 Å². The summed E-state index contributed by atoms with van der Waals surface area (Å²) in [5.74, 6) is 0.865. The first-order chi connectivity index (χ1) is 11.5. The number of nitriles is 1. The van der Waals surface area contributed by atoms with Crippen molar-refractivity contribution in [2.24, 2.45) is 0 Å². The Kier molecular flexibility index (Phi) is 5.97.